The van der Waals surface area contributed by atoms with E-state index >= 15 is 0 Å². The van der Waals surface area contributed by atoms with Gasteiger partial charge in [-0.25, -0.2) is 8.78 Å². The molecule has 0 N–H and O–H groups in total. The molecule has 25 heavy (non-hydrogen) atoms. The minimum Gasteiger partial charge on any atom is -0.497 e. The maximum atomic E-state index is 13.8. The van der Waals surface area contributed by atoms with E-state index in [1.165, 1.54) is 12.1 Å². The van der Waals surface area contributed by atoms with Crippen LogP contribution in [0.25, 0.3) is 0 Å². The molecule has 0 unspecified atom stereocenters. The van der Waals surface area contributed by atoms with Crippen LogP contribution in [0.4, 0.5) is 8.78 Å². The number of hydrogen-bond acceptors (Lipinski definition) is 2. The standard InChI is InChI=1S/C21H24F2O2/c1-4-16(12-18-7-8-19(22)13-21(18)23)11-15(2)25-14-17-5-9-20(24-3)10-6-17/h4-10,13,15-16H,1,11-12,14H2,2-3H3/t15-,16-/m0/s1. The summed E-state index contributed by atoms with van der Waals surface area (Å²) in [6.45, 7) is 6.32. The molecule has 0 aliphatic carbocycles. The highest BCUT2D eigenvalue weighted by Gasteiger charge is 2.14. The summed E-state index contributed by atoms with van der Waals surface area (Å²) in [6.07, 6.45) is 2.99. The van der Waals surface area contributed by atoms with E-state index in [1.54, 1.807) is 13.2 Å². The first kappa shape index (κ1) is 19.1. The van der Waals surface area contributed by atoms with Gasteiger partial charge in [0.1, 0.15) is 17.4 Å². The molecule has 0 aliphatic rings. The molecule has 0 spiro atoms. The predicted molar refractivity (Wildman–Crippen MR) is 95.6 cm³/mol. The summed E-state index contributed by atoms with van der Waals surface area (Å²) >= 11 is 0. The topological polar surface area (TPSA) is 18.5 Å². The van der Waals surface area contributed by atoms with Crippen LogP contribution in [0.3, 0.4) is 0 Å². The van der Waals surface area contributed by atoms with Crippen molar-refractivity contribution in [3.63, 3.8) is 0 Å². The monoisotopic (exact) mass is 346 g/mol. The molecule has 2 atom stereocenters. The van der Waals surface area contributed by atoms with E-state index in [4.69, 9.17) is 9.47 Å². The molecule has 0 radical (unpaired) electrons. The summed E-state index contributed by atoms with van der Waals surface area (Å²) < 4.78 is 37.8. The van der Waals surface area contributed by atoms with E-state index in [9.17, 15) is 8.78 Å². The van der Waals surface area contributed by atoms with E-state index < -0.39 is 11.6 Å². The highest BCUT2D eigenvalue weighted by molar-refractivity contribution is 5.26. The lowest BCUT2D eigenvalue weighted by atomic mass is 9.94. The van der Waals surface area contributed by atoms with E-state index in [0.717, 1.165) is 23.8 Å². The van der Waals surface area contributed by atoms with Gasteiger partial charge in [0.25, 0.3) is 0 Å². The minimum absolute atomic E-state index is 0.00592. The van der Waals surface area contributed by atoms with Gasteiger partial charge >= 0.3 is 0 Å². The fraction of sp³-hybridized carbons (Fsp3) is 0.333. The van der Waals surface area contributed by atoms with Crippen LogP contribution in [0.15, 0.2) is 55.1 Å². The molecule has 0 heterocycles. The molecular weight excluding hydrogens is 322 g/mol. The molecule has 2 aromatic carbocycles. The van der Waals surface area contributed by atoms with Crippen molar-refractivity contribution >= 4 is 0 Å². The average molecular weight is 346 g/mol. The van der Waals surface area contributed by atoms with Gasteiger partial charge in [0, 0.05) is 6.07 Å². The van der Waals surface area contributed by atoms with Crippen LogP contribution in [-0.4, -0.2) is 13.2 Å². The van der Waals surface area contributed by atoms with E-state index in [2.05, 4.69) is 6.58 Å². The summed E-state index contributed by atoms with van der Waals surface area (Å²) in [4.78, 5) is 0. The second-order valence-electron chi connectivity index (χ2n) is 6.14. The summed E-state index contributed by atoms with van der Waals surface area (Å²) in [7, 11) is 1.63. The van der Waals surface area contributed by atoms with Gasteiger partial charge in [-0.05, 0) is 55.0 Å². The van der Waals surface area contributed by atoms with Crippen LogP contribution in [0.2, 0.25) is 0 Å². The molecule has 4 heteroatoms. The maximum absolute atomic E-state index is 13.8. The Labute approximate surface area is 148 Å². The van der Waals surface area contributed by atoms with Gasteiger partial charge in [-0.3, -0.25) is 0 Å². The predicted octanol–water partition coefficient (Wildman–Crippen LogP) is 5.31. The molecule has 0 fully saturated rings. The van der Waals surface area contributed by atoms with Crippen molar-refractivity contribution in [3.8, 4) is 5.75 Å². The lowest BCUT2D eigenvalue weighted by Crippen LogP contribution is -2.15. The third-order valence-corrected chi connectivity index (χ3v) is 4.16. The zero-order chi connectivity index (χ0) is 18.2. The second kappa shape index (κ2) is 9.33. The number of methoxy groups -OCH3 is 1. The van der Waals surface area contributed by atoms with Crippen LogP contribution in [-0.2, 0) is 17.8 Å². The number of ether oxygens (including phenoxy) is 2. The second-order valence-corrected chi connectivity index (χ2v) is 6.14. The fourth-order valence-electron chi connectivity index (χ4n) is 2.69. The normalized spacial score (nSPS) is 13.3. The first-order valence-corrected chi connectivity index (χ1v) is 8.32. The maximum Gasteiger partial charge on any atom is 0.129 e. The smallest absolute Gasteiger partial charge is 0.129 e. The Bertz CT molecular complexity index is 683. The van der Waals surface area contributed by atoms with E-state index in [-0.39, 0.29) is 12.0 Å². The number of halogens is 2. The van der Waals surface area contributed by atoms with Crippen molar-refractivity contribution in [2.45, 2.75) is 32.5 Å². The largest absolute Gasteiger partial charge is 0.497 e. The summed E-state index contributed by atoms with van der Waals surface area (Å²) in [5.41, 5.74) is 1.56. The third-order valence-electron chi connectivity index (χ3n) is 4.16. The van der Waals surface area contributed by atoms with Crippen LogP contribution in [0.5, 0.6) is 5.75 Å². The summed E-state index contributed by atoms with van der Waals surface area (Å²) in [5, 5.41) is 0. The highest BCUT2D eigenvalue weighted by Crippen LogP contribution is 2.21. The molecule has 0 amide bonds. The molecule has 0 bridgehead atoms. The molecule has 0 aliphatic heterocycles. The Balaban J connectivity index is 1.86. The quantitative estimate of drug-likeness (QED) is 0.573. The minimum atomic E-state index is -0.562. The molecule has 0 aromatic heterocycles. The molecule has 134 valence electrons. The summed E-state index contributed by atoms with van der Waals surface area (Å²) in [5.74, 6) is -0.207. The molecular formula is C21H24F2O2. The number of allylic oxidation sites excluding steroid dienone is 1. The zero-order valence-corrected chi connectivity index (χ0v) is 14.7. The molecule has 2 nitrogen and oxygen atoms in total. The zero-order valence-electron chi connectivity index (χ0n) is 14.7. The lowest BCUT2D eigenvalue weighted by Gasteiger charge is -2.19. The van der Waals surface area contributed by atoms with Crippen LogP contribution in [0, 0.1) is 17.6 Å². The van der Waals surface area contributed by atoms with Crippen molar-refractivity contribution in [2.75, 3.05) is 7.11 Å². The van der Waals surface area contributed by atoms with Crippen molar-refractivity contribution in [1.29, 1.82) is 0 Å². The molecule has 2 rings (SSSR count). The Morgan fingerprint density at radius 3 is 2.44 bits per heavy atom. The first-order chi connectivity index (χ1) is 12.0. The number of rotatable bonds is 9. The van der Waals surface area contributed by atoms with Gasteiger partial charge in [0.2, 0.25) is 0 Å². The Hall–Kier alpha value is -2.20. The fourth-order valence-corrected chi connectivity index (χ4v) is 2.69. The lowest BCUT2D eigenvalue weighted by molar-refractivity contribution is 0.0404. The Morgan fingerprint density at radius 2 is 1.84 bits per heavy atom. The van der Waals surface area contributed by atoms with Gasteiger partial charge in [0.05, 0.1) is 19.8 Å². The number of hydrogen-bond donors (Lipinski definition) is 0. The van der Waals surface area contributed by atoms with Crippen LogP contribution >= 0.6 is 0 Å². The van der Waals surface area contributed by atoms with Gasteiger partial charge < -0.3 is 9.47 Å². The summed E-state index contributed by atoms with van der Waals surface area (Å²) in [6, 6.07) is 11.4. The van der Waals surface area contributed by atoms with Crippen LogP contribution < -0.4 is 4.74 Å². The van der Waals surface area contributed by atoms with Crippen molar-refractivity contribution < 1.29 is 18.3 Å². The van der Waals surface area contributed by atoms with E-state index in [1.807, 2.05) is 31.2 Å². The van der Waals surface area contributed by atoms with Gasteiger partial charge in [-0.2, -0.15) is 0 Å². The Kier molecular flexibility index (Phi) is 7.14. The van der Waals surface area contributed by atoms with Crippen LogP contribution in [0.1, 0.15) is 24.5 Å². The third kappa shape index (κ3) is 5.98. The van der Waals surface area contributed by atoms with Gasteiger partial charge in [-0.1, -0.05) is 24.3 Å². The van der Waals surface area contributed by atoms with Crippen molar-refractivity contribution in [2.24, 2.45) is 5.92 Å². The van der Waals surface area contributed by atoms with Gasteiger partial charge in [-0.15, -0.1) is 6.58 Å². The van der Waals surface area contributed by atoms with Crippen molar-refractivity contribution in [3.05, 3.63) is 77.9 Å². The van der Waals surface area contributed by atoms with Gasteiger partial charge in [0.15, 0.2) is 0 Å². The SMILES string of the molecule is C=C[C@H](Cc1ccc(F)cc1F)C[C@H](C)OCc1ccc(OC)cc1. The van der Waals surface area contributed by atoms with E-state index in [0.29, 0.717) is 18.6 Å². The van der Waals surface area contributed by atoms with Crippen molar-refractivity contribution in [1.82, 2.24) is 0 Å². The molecule has 0 saturated carbocycles. The Morgan fingerprint density at radius 1 is 1.12 bits per heavy atom. The molecule has 0 saturated heterocycles. The highest BCUT2D eigenvalue weighted by atomic mass is 19.1. The average Bonchev–Trinajstić information content (AvgIpc) is 2.62. The first-order valence-electron chi connectivity index (χ1n) is 8.32. The number of benzene rings is 2. The molecule has 2 aromatic rings.